The summed E-state index contributed by atoms with van der Waals surface area (Å²) in [6, 6.07) is 0. The van der Waals surface area contributed by atoms with Gasteiger partial charge in [-0.05, 0) is 27.7 Å². The van der Waals surface area contributed by atoms with Crippen LogP contribution in [0.25, 0.3) is 0 Å². The Labute approximate surface area is 121 Å². The lowest BCUT2D eigenvalue weighted by Gasteiger charge is -2.46. The lowest BCUT2D eigenvalue weighted by atomic mass is 9.99. The van der Waals surface area contributed by atoms with Gasteiger partial charge in [0.05, 0.1) is 11.2 Å². The molecule has 1 saturated heterocycles. The molecular weight excluding hydrogens is 280 g/mol. The molecule has 0 unspecified atom stereocenters. The number of aromatic carboxylic acids is 1. The summed E-state index contributed by atoms with van der Waals surface area (Å²) in [5.74, 6) is -1.37. The molecule has 0 saturated carbocycles. The number of aromatic nitrogens is 1. The third-order valence-corrected chi connectivity index (χ3v) is 3.72. The van der Waals surface area contributed by atoms with Crippen molar-refractivity contribution in [2.45, 2.75) is 38.9 Å². The van der Waals surface area contributed by atoms with Gasteiger partial charge in [-0.1, -0.05) is 0 Å². The molecule has 1 amide bonds. The van der Waals surface area contributed by atoms with E-state index < -0.39 is 17.2 Å². The zero-order chi connectivity index (χ0) is 15.1. The molecular formula is C13H18N2O4S. The van der Waals surface area contributed by atoms with Crippen LogP contribution in [0.2, 0.25) is 0 Å². The smallest absolute Gasteiger partial charge is 0.355 e. The van der Waals surface area contributed by atoms with Crippen molar-refractivity contribution in [1.29, 1.82) is 0 Å². The van der Waals surface area contributed by atoms with Gasteiger partial charge in [0.1, 0.15) is 0 Å². The first-order chi connectivity index (χ1) is 9.10. The first-order valence-corrected chi connectivity index (χ1v) is 7.16. The van der Waals surface area contributed by atoms with E-state index in [0.29, 0.717) is 13.1 Å². The second-order valence-corrected chi connectivity index (χ2v) is 6.98. The van der Waals surface area contributed by atoms with E-state index in [1.807, 2.05) is 27.7 Å². The van der Waals surface area contributed by atoms with Gasteiger partial charge >= 0.3 is 5.97 Å². The molecule has 110 valence electrons. The highest BCUT2D eigenvalue weighted by Gasteiger charge is 2.40. The van der Waals surface area contributed by atoms with Gasteiger partial charge < -0.3 is 14.7 Å². The predicted octanol–water partition coefficient (Wildman–Crippen LogP) is 1.87. The Hall–Kier alpha value is -1.47. The molecule has 1 aliphatic heterocycles. The molecule has 2 rings (SSSR count). The minimum atomic E-state index is -1.12. The quantitative estimate of drug-likeness (QED) is 0.901. The number of amides is 1. The van der Waals surface area contributed by atoms with Crippen molar-refractivity contribution in [1.82, 2.24) is 9.88 Å². The highest BCUT2D eigenvalue weighted by molar-refractivity contribution is 7.11. The summed E-state index contributed by atoms with van der Waals surface area (Å²) in [4.78, 5) is 28.8. The number of carboxylic acid groups (broad SMARTS) is 1. The van der Waals surface area contributed by atoms with E-state index in [4.69, 9.17) is 9.84 Å². The van der Waals surface area contributed by atoms with Gasteiger partial charge in [-0.15, -0.1) is 11.3 Å². The monoisotopic (exact) mass is 298 g/mol. The zero-order valence-corrected chi connectivity index (χ0v) is 12.8. The fourth-order valence-electron chi connectivity index (χ4n) is 2.54. The number of hydrogen-bond acceptors (Lipinski definition) is 5. The van der Waals surface area contributed by atoms with E-state index in [2.05, 4.69) is 4.98 Å². The zero-order valence-electron chi connectivity index (χ0n) is 12.0. The van der Waals surface area contributed by atoms with Crippen molar-refractivity contribution in [3.05, 3.63) is 16.1 Å². The third kappa shape index (κ3) is 3.16. The molecule has 1 aromatic rings. The molecule has 1 N–H and O–H groups in total. The van der Waals surface area contributed by atoms with Crippen LogP contribution in [0, 0.1) is 0 Å². The molecule has 7 heteroatoms. The third-order valence-electron chi connectivity index (χ3n) is 2.89. The van der Waals surface area contributed by atoms with Crippen LogP contribution in [0.3, 0.4) is 0 Å². The summed E-state index contributed by atoms with van der Waals surface area (Å²) in [6.07, 6.45) is 0. The summed E-state index contributed by atoms with van der Waals surface area (Å²) >= 11 is 1.06. The number of rotatable bonds is 2. The molecule has 0 atom stereocenters. The van der Waals surface area contributed by atoms with Crippen LogP contribution in [0.5, 0.6) is 0 Å². The average molecular weight is 298 g/mol. The van der Waals surface area contributed by atoms with Gasteiger partial charge in [-0.2, -0.15) is 0 Å². The molecule has 0 aliphatic carbocycles. The molecule has 1 aromatic heterocycles. The number of ether oxygens (including phenoxy) is 1. The second kappa shape index (κ2) is 4.82. The van der Waals surface area contributed by atoms with Gasteiger partial charge in [-0.3, -0.25) is 4.79 Å². The second-order valence-electron chi connectivity index (χ2n) is 6.13. The molecule has 1 aliphatic rings. The van der Waals surface area contributed by atoms with Gasteiger partial charge in [0.2, 0.25) is 0 Å². The van der Waals surface area contributed by atoms with Crippen molar-refractivity contribution in [2.24, 2.45) is 0 Å². The van der Waals surface area contributed by atoms with E-state index in [0.717, 1.165) is 11.3 Å². The molecule has 6 nitrogen and oxygen atoms in total. The number of carbonyl (C=O) groups is 2. The van der Waals surface area contributed by atoms with Gasteiger partial charge in [-0.25, -0.2) is 9.78 Å². The number of thiazole rings is 1. The van der Waals surface area contributed by atoms with Gasteiger partial charge in [0.25, 0.3) is 5.91 Å². The topological polar surface area (TPSA) is 79.7 Å². The summed E-state index contributed by atoms with van der Waals surface area (Å²) < 4.78 is 5.92. The molecule has 2 heterocycles. The largest absolute Gasteiger partial charge is 0.476 e. The highest BCUT2D eigenvalue weighted by atomic mass is 32.1. The number of morpholine rings is 1. The van der Waals surface area contributed by atoms with E-state index in [9.17, 15) is 9.59 Å². The first kappa shape index (κ1) is 14.9. The Bertz CT molecular complexity index is 534. The minimum Gasteiger partial charge on any atom is -0.476 e. The van der Waals surface area contributed by atoms with E-state index in [-0.39, 0.29) is 16.6 Å². The summed E-state index contributed by atoms with van der Waals surface area (Å²) in [6.45, 7) is 8.63. The Kier molecular flexibility index (Phi) is 3.60. The minimum absolute atomic E-state index is 0.0925. The molecule has 0 bridgehead atoms. The normalized spacial score (nSPS) is 20.7. The number of carboxylic acids is 1. The van der Waals surface area contributed by atoms with E-state index in [1.54, 1.807) is 4.90 Å². The SMILES string of the molecule is CC1(C)CN(C(=O)c2nc(C(=O)O)cs2)CC(C)(C)O1. The number of nitrogens with zero attached hydrogens (tertiary/aromatic N) is 2. The summed E-state index contributed by atoms with van der Waals surface area (Å²) in [7, 11) is 0. The molecule has 0 radical (unpaired) electrons. The standard InChI is InChI=1S/C13H18N2O4S/c1-12(2)6-15(7-13(3,4)19-12)10(16)9-14-8(5-20-9)11(17)18/h5H,6-7H2,1-4H3,(H,17,18). The molecule has 20 heavy (non-hydrogen) atoms. The summed E-state index contributed by atoms with van der Waals surface area (Å²) in [5.41, 5.74) is -0.973. The first-order valence-electron chi connectivity index (χ1n) is 6.28. The van der Waals surface area contributed by atoms with Crippen LogP contribution in [0.4, 0.5) is 0 Å². The Morgan fingerprint density at radius 3 is 2.30 bits per heavy atom. The predicted molar refractivity (Wildman–Crippen MR) is 74.2 cm³/mol. The Balaban J connectivity index is 2.21. The van der Waals surface area contributed by atoms with Crippen LogP contribution in [-0.2, 0) is 4.74 Å². The number of carbonyl (C=O) groups excluding carboxylic acids is 1. The van der Waals surface area contributed by atoms with Gasteiger partial charge in [0.15, 0.2) is 10.7 Å². The van der Waals surface area contributed by atoms with Crippen molar-refractivity contribution in [3.63, 3.8) is 0 Å². The maximum atomic E-state index is 12.4. The fraction of sp³-hybridized carbons (Fsp3) is 0.615. The van der Waals surface area contributed by atoms with Crippen molar-refractivity contribution in [2.75, 3.05) is 13.1 Å². The Morgan fingerprint density at radius 1 is 1.30 bits per heavy atom. The fourth-order valence-corrected chi connectivity index (χ4v) is 3.29. The van der Waals surface area contributed by atoms with Crippen LogP contribution >= 0.6 is 11.3 Å². The average Bonchev–Trinajstić information content (AvgIpc) is 2.72. The molecule has 0 spiro atoms. The van der Waals surface area contributed by atoms with E-state index >= 15 is 0 Å². The van der Waals surface area contributed by atoms with E-state index in [1.165, 1.54) is 5.38 Å². The van der Waals surface area contributed by atoms with Crippen LogP contribution in [0.1, 0.15) is 48.0 Å². The Morgan fingerprint density at radius 2 is 1.85 bits per heavy atom. The van der Waals surface area contributed by atoms with Crippen LogP contribution in [-0.4, -0.2) is 51.2 Å². The lowest BCUT2D eigenvalue weighted by Crippen LogP contribution is -2.58. The number of hydrogen-bond donors (Lipinski definition) is 1. The van der Waals surface area contributed by atoms with Crippen molar-refractivity contribution >= 4 is 23.2 Å². The van der Waals surface area contributed by atoms with Crippen LogP contribution < -0.4 is 0 Å². The maximum absolute atomic E-state index is 12.4. The highest BCUT2D eigenvalue weighted by Crippen LogP contribution is 2.29. The van der Waals surface area contributed by atoms with Crippen molar-refractivity contribution in [3.8, 4) is 0 Å². The lowest BCUT2D eigenvalue weighted by molar-refractivity contribution is -0.171. The molecule has 0 aromatic carbocycles. The maximum Gasteiger partial charge on any atom is 0.355 e. The molecule has 1 fully saturated rings. The van der Waals surface area contributed by atoms with Crippen molar-refractivity contribution < 1.29 is 19.4 Å². The van der Waals surface area contributed by atoms with Crippen LogP contribution in [0.15, 0.2) is 5.38 Å². The summed E-state index contributed by atoms with van der Waals surface area (Å²) in [5, 5.41) is 10.4. The van der Waals surface area contributed by atoms with Gasteiger partial charge in [0, 0.05) is 18.5 Å².